The zero-order valence-corrected chi connectivity index (χ0v) is 13.7. The molecule has 0 aliphatic carbocycles. The number of rotatable bonds is 3. The van der Waals surface area contributed by atoms with Crippen LogP contribution in [-0.2, 0) is 10.0 Å². The van der Waals surface area contributed by atoms with Crippen molar-refractivity contribution in [3.8, 4) is 5.75 Å². The molecule has 0 amide bonds. The number of methoxy groups -OCH3 is 1. The van der Waals surface area contributed by atoms with Gasteiger partial charge in [-0.1, -0.05) is 0 Å². The van der Waals surface area contributed by atoms with Gasteiger partial charge in [0.25, 0.3) is 10.0 Å². The second-order valence-corrected chi connectivity index (χ2v) is 7.05. The molecular formula is C16H15FN2O3S. The fraction of sp³-hybridized carbons (Fsp3) is 0.188. The van der Waals surface area contributed by atoms with E-state index in [1.54, 1.807) is 6.07 Å². The van der Waals surface area contributed by atoms with Crippen LogP contribution in [0.2, 0.25) is 0 Å². The first-order chi connectivity index (χ1) is 10.8. The molecular weight excluding hydrogens is 319 g/mol. The van der Waals surface area contributed by atoms with Gasteiger partial charge in [-0.05, 0) is 55.3 Å². The van der Waals surface area contributed by atoms with Gasteiger partial charge in [0.15, 0.2) is 0 Å². The molecule has 3 rings (SSSR count). The number of aromatic nitrogens is 2. The van der Waals surface area contributed by atoms with Crippen LogP contribution in [0.4, 0.5) is 4.39 Å². The third kappa shape index (κ3) is 2.46. The minimum atomic E-state index is -4.03. The summed E-state index contributed by atoms with van der Waals surface area (Å²) in [7, 11) is -2.69. The number of fused-ring (bicyclic) bond motifs is 1. The number of hydrogen-bond acceptors (Lipinski definition) is 4. The van der Waals surface area contributed by atoms with Crippen LogP contribution in [0, 0.1) is 19.7 Å². The van der Waals surface area contributed by atoms with E-state index in [1.165, 1.54) is 19.5 Å². The largest absolute Gasteiger partial charge is 0.495 e. The maximum Gasteiger partial charge on any atom is 0.273 e. The number of imidazole rings is 1. The monoisotopic (exact) mass is 334 g/mol. The van der Waals surface area contributed by atoms with Gasteiger partial charge in [-0.3, -0.25) is 0 Å². The zero-order chi connectivity index (χ0) is 16.8. The lowest BCUT2D eigenvalue weighted by molar-refractivity contribution is 0.400. The van der Waals surface area contributed by atoms with Gasteiger partial charge in [0, 0.05) is 0 Å². The topological polar surface area (TPSA) is 61.2 Å². The Kier molecular flexibility index (Phi) is 3.60. The molecule has 1 aromatic heterocycles. The van der Waals surface area contributed by atoms with Crippen LogP contribution in [-0.4, -0.2) is 24.5 Å². The van der Waals surface area contributed by atoms with E-state index in [0.29, 0.717) is 11.0 Å². The number of benzene rings is 2. The summed E-state index contributed by atoms with van der Waals surface area (Å²) >= 11 is 0. The molecule has 0 N–H and O–H groups in total. The van der Waals surface area contributed by atoms with Crippen LogP contribution < -0.4 is 4.74 Å². The lowest BCUT2D eigenvalue weighted by atomic mass is 10.1. The predicted octanol–water partition coefficient (Wildman–Crippen LogP) is 3.04. The van der Waals surface area contributed by atoms with Crippen molar-refractivity contribution in [3.05, 3.63) is 53.6 Å². The SMILES string of the molecule is COc1ccc(F)cc1S(=O)(=O)n1cnc2cc(C)c(C)cc21. The summed E-state index contributed by atoms with van der Waals surface area (Å²) in [4.78, 5) is 3.90. The Labute approximate surface area is 133 Å². The van der Waals surface area contributed by atoms with Gasteiger partial charge in [-0.2, -0.15) is 0 Å². The molecule has 3 aromatic rings. The van der Waals surface area contributed by atoms with E-state index in [2.05, 4.69) is 4.98 Å². The molecule has 23 heavy (non-hydrogen) atoms. The van der Waals surface area contributed by atoms with Gasteiger partial charge in [-0.15, -0.1) is 0 Å². The maximum absolute atomic E-state index is 13.5. The summed E-state index contributed by atoms with van der Waals surface area (Å²) in [6.07, 6.45) is 1.23. The van der Waals surface area contributed by atoms with E-state index >= 15 is 0 Å². The fourth-order valence-corrected chi connectivity index (χ4v) is 3.85. The van der Waals surface area contributed by atoms with Gasteiger partial charge >= 0.3 is 0 Å². The second kappa shape index (κ2) is 5.34. The molecule has 120 valence electrons. The number of hydrogen-bond donors (Lipinski definition) is 0. The summed E-state index contributed by atoms with van der Waals surface area (Å²) in [6.45, 7) is 3.82. The predicted molar refractivity (Wildman–Crippen MR) is 84.7 cm³/mol. The summed E-state index contributed by atoms with van der Waals surface area (Å²) in [5, 5.41) is 0. The summed E-state index contributed by atoms with van der Waals surface area (Å²) in [6, 6.07) is 6.95. The van der Waals surface area contributed by atoms with Crippen LogP contribution in [0.1, 0.15) is 11.1 Å². The standard InChI is InChI=1S/C16H15FN2O3S/c1-10-6-13-14(7-11(10)2)19(9-18-13)23(20,21)16-8-12(17)4-5-15(16)22-3/h4-9H,1-3H3. The minimum Gasteiger partial charge on any atom is -0.495 e. The van der Waals surface area contributed by atoms with E-state index in [1.807, 2.05) is 19.9 Å². The zero-order valence-electron chi connectivity index (χ0n) is 12.9. The highest BCUT2D eigenvalue weighted by atomic mass is 32.2. The molecule has 0 spiro atoms. The fourth-order valence-electron chi connectivity index (χ4n) is 2.39. The molecule has 0 saturated carbocycles. The van der Waals surface area contributed by atoms with E-state index in [0.717, 1.165) is 27.2 Å². The van der Waals surface area contributed by atoms with Crippen LogP contribution in [0.25, 0.3) is 11.0 Å². The van der Waals surface area contributed by atoms with Crippen LogP contribution in [0.3, 0.4) is 0 Å². The molecule has 2 aromatic carbocycles. The highest BCUT2D eigenvalue weighted by Crippen LogP contribution is 2.29. The Bertz CT molecular complexity index is 1010. The van der Waals surface area contributed by atoms with Crippen molar-refractivity contribution in [1.82, 2.24) is 8.96 Å². The summed E-state index contributed by atoms with van der Waals surface area (Å²) in [5.41, 5.74) is 2.97. The molecule has 0 radical (unpaired) electrons. The molecule has 1 heterocycles. The molecule has 0 fully saturated rings. The van der Waals surface area contributed by atoms with E-state index in [-0.39, 0.29) is 10.6 Å². The average Bonchev–Trinajstić information content (AvgIpc) is 2.91. The molecule has 0 aliphatic heterocycles. The number of aryl methyl sites for hydroxylation is 2. The molecule has 7 heteroatoms. The van der Waals surface area contributed by atoms with Crippen LogP contribution in [0.5, 0.6) is 5.75 Å². The minimum absolute atomic E-state index is 0.0806. The quantitative estimate of drug-likeness (QED) is 0.739. The lowest BCUT2D eigenvalue weighted by Gasteiger charge is -2.11. The Morgan fingerprint density at radius 3 is 2.52 bits per heavy atom. The van der Waals surface area contributed by atoms with Gasteiger partial charge < -0.3 is 4.74 Å². The first-order valence-electron chi connectivity index (χ1n) is 6.88. The molecule has 0 unspecified atom stereocenters. The van der Waals surface area contributed by atoms with Crippen molar-refractivity contribution in [2.24, 2.45) is 0 Å². The highest BCUT2D eigenvalue weighted by Gasteiger charge is 2.24. The van der Waals surface area contributed by atoms with Crippen molar-refractivity contribution in [2.45, 2.75) is 18.7 Å². The third-order valence-corrected chi connectivity index (χ3v) is 5.48. The van der Waals surface area contributed by atoms with E-state index in [4.69, 9.17) is 4.74 Å². The Morgan fingerprint density at radius 1 is 1.13 bits per heavy atom. The first-order valence-corrected chi connectivity index (χ1v) is 8.32. The van der Waals surface area contributed by atoms with Gasteiger partial charge in [-0.25, -0.2) is 21.8 Å². The van der Waals surface area contributed by atoms with Crippen molar-refractivity contribution in [1.29, 1.82) is 0 Å². The van der Waals surface area contributed by atoms with Crippen molar-refractivity contribution in [3.63, 3.8) is 0 Å². The Morgan fingerprint density at radius 2 is 1.83 bits per heavy atom. The molecule has 0 saturated heterocycles. The normalized spacial score (nSPS) is 11.8. The van der Waals surface area contributed by atoms with Crippen LogP contribution in [0.15, 0.2) is 41.6 Å². The molecule has 0 aliphatic rings. The van der Waals surface area contributed by atoms with Gasteiger partial charge in [0.05, 0.1) is 18.1 Å². The number of nitrogens with zero attached hydrogens (tertiary/aromatic N) is 2. The molecule has 0 atom stereocenters. The maximum atomic E-state index is 13.5. The third-order valence-electron chi connectivity index (χ3n) is 3.79. The molecule has 5 nitrogen and oxygen atoms in total. The summed E-state index contributed by atoms with van der Waals surface area (Å²) < 4.78 is 45.5. The first kappa shape index (κ1) is 15.5. The van der Waals surface area contributed by atoms with Crippen molar-refractivity contribution in [2.75, 3.05) is 7.11 Å². The summed E-state index contributed by atoms with van der Waals surface area (Å²) in [5.74, 6) is -0.571. The van der Waals surface area contributed by atoms with Crippen molar-refractivity contribution < 1.29 is 17.5 Å². The molecule has 0 bridgehead atoms. The highest BCUT2D eigenvalue weighted by molar-refractivity contribution is 7.90. The Balaban J connectivity index is 2.29. The lowest BCUT2D eigenvalue weighted by Crippen LogP contribution is -2.13. The average molecular weight is 334 g/mol. The van der Waals surface area contributed by atoms with Gasteiger partial charge in [0.1, 0.15) is 22.8 Å². The number of halogens is 1. The van der Waals surface area contributed by atoms with Gasteiger partial charge in [0.2, 0.25) is 0 Å². The van der Waals surface area contributed by atoms with E-state index < -0.39 is 15.8 Å². The Hall–Kier alpha value is -2.41. The van der Waals surface area contributed by atoms with Crippen LogP contribution >= 0.6 is 0 Å². The van der Waals surface area contributed by atoms with E-state index in [9.17, 15) is 12.8 Å². The number of ether oxygens (including phenoxy) is 1. The smallest absolute Gasteiger partial charge is 0.273 e. The second-order valence-electron chi connectivity index (χ2n) is 5.27. The van der Waals surface area contributed by atoms with Crippen molar-refractivity contribution >= 4 is 21.1 Å².